The summed E-state index contributed by atoms with van der Waals surface area (Å²) in [6.07, 6.45) is 1.40. The zero-order chi connectivity index (χ0) is 15.2. The van der Waals surface area contributed by atoms with Crippen molar-refractivity contribution in [2.24, 2.45) is 0 Å². The van der Waals surface area contributed by atoms with Crippen molar-refractivity contribution >= 4 is 22.4 Å². The van der Waals surface area contributed by atoms with Gasteiger partial charge in [0.15, 0.2) is 5.13 Å². The highest BCUT2D eigenvalue weighted by Crippen LogP contribution is 2.21. The van der Waals surface area contributed by atoms with Gasteiger partial charge < -0.3 is 15.4 Å². The molecule has 0 aliphatic heterocycles. The van der Waals surface area contributed by atoms with Crippen molar-refractivity contribution in [1.82, 2.24) is 10.3 Å². The lowest BCUT2D eigenvalue weighted by molar-refractivity contribution is -0.121. The Morgan fingerprint density at radius 3 is 2.85 bits per heavy atom. The van der Waals surface area contributed by atoms with Crippen molar-refractivity contribution in [1.29, 1.82) is 0 Å². The van der Waals surface area contributed by atoms with Crippen LogP contribution < -0.4 is 10.6 Å². The quantitative estimate of drug-likeness (QED) is 0.774. The normalized spacial score (nSPS) is 13.2. The maximum absolute atomic E-state index is 11.9. The van der Waals surface area contributed by atoms with Crippen LogP contribution in [0.15, 0.2) is 5.38 Å². The highest BCUT2D eigenvalue weighted by atomic mass is 32.1. The van der Waals surface area contributed by atoms with Gasteiger partial charge in [0.2, 0.25) is 5.91 Å². The lowest BCUT2D eigenvalue weighted by Gasteiger charge is -2.21. The molecule has 1 atom stereocenters. The minimum absolute atomic E-state index is 0.0769. The maximum atomic E-state index is 11.9. The molecule has 20 heavy (non-hydrogen) atoms. The van der Waals surface area contributed by atoms with Gasteiger partial charge in [-0.15, -0.1) is 11.3 Å². The van der Waals surface area contributed by atoms with Gasteiger partial charge in [-0.1, -0.05) is 6.92 Å². The van der Waals surface area contributed by atoms with Crippen LogP contribution in [0, 0.1) is 0 Å². The third kappa shape index (κ3) is 5.56. The largest absolute Gasteiger partial charge is 0.378 e. The van der Waals surface area contributed by atoms with Crippen molar-refractivity contribution in [3.8, 4) is 0 Å². The fraction of sp³-hybridized carbons (Fsp3) is 0.714. The number of anilines is 1. The number of aromatic nitrogens is 1. The minimum atomic E-state index is -0.458. The van der Waals surface area contributed by atoms with E-state index in [1.54, 1.807) is 7.11 Å². The van der Waals surface area contributed by atoms with Crippen LogP contribution in [0.4, 0.5) is 5.13 Å². The van der Waals surface area contributed by atoms with Crippen molar-refractivity contribution in [3.63, 3.8) is 0 Å². The summed E-state index contributed by atoms with van der Waals surface area (Å²) in [7, 11) is 1.61. The summed E-state index contributed by atoms with van der Waals surface area (Å²) in [5.74, 6) is -0.0769. The number of methoxy groups -OCH3 is 1. The van der Waals surface area contributed by atoms with Gasteiger partial charge in [-0.3, -0.25) is 4.79 Å². The van der Waals surface area contributed by atoms with E-state index in [-0.39, 0.29) is 11.9 Å². The SMILES string of the molecule is CCCNC(C)c1csc(NC(=O)CC(C)(C)OC)n1. The van der Waals surface area contributed by atoms with E-state index < -0.39 is 5.60 Å². The molecule has 1 amide bonds. The fourth-order valence-electron chi connectivity index (χ4n) is 1.63. The second-order valence-corrected chi connectivity index (χ2v) is 6.30. The van der Waals surface area contributed by atoms with Gasteiger partial charge in [-0.25, -0.2) is 4.98 Å². The van der Waals surface area contributed by atoms with Gasteiger partial charge in [-0.2, -0.15) is 0 Å². The van der Waals surface area contributed by atoms with Crippen LogP contribution in [0.25, 0.3) is 0 Å². The number of rotatable bonds is 8. The van der Waals surface area contributed by atoms with Crippen molar-refractivity contribution in [2.45, 2.75) is 52.2 Å². The number of carbonyl (C=O) groups is 1. The van der Waals surface area contributed by atoms with E-state index in [1.165, 1.54) is 11.3 Å². The van der Waals surface area contributed by atoms with Crippen molar-refractivity contribution < 1.29 is 9.53 Å². The van der Waals surface area contributed by atoms with Gasteiger partial charge in [-0.05, 0) is 33.7 Å². The first kappa shape index (κ1) is 17.1. The molecule has 0 saturated carbocycles. The Morgan fingerprint density at radius 2 is 2.25 bits per heavy atom. The third-order valence-corrected chi connectivity index (χ3v) is 3.83. The van der Waals surface area contributed by atoms with Crippen LogP contribution in [0.1, 0.15) is 52.3 Å². The average Bonchev–Trinajstić information content (AvgIpc) is 2.83. The van der Waals surface area contributed by atoms with Crippen LogP contribution in [0.2, 0.25) is 0 Å². The molecule has 0 saturated heterocycles. The first-order chi connectivity index (χ1) is 9.38. The summed E-state index contributed by atoms with van der Waals surface area (Å²) in [5.41, 5.74) is 0.505. The molecular formula is C14H25N3O2S. The fourth-order valence-corrected chi connectivity index (χ4v) is 2.45. The highest BCUT2D eigenvalue weighted by Gasteiger charge is 2.21. The molecule has 5 nitrogen and oxygen atoms in total. The molecule has 0 bridgehead atoms. The topological polar surface area (TPSA) is 63.2 Å². The Morgan fingerprint density at radius 1 is 1.55 bits per heavy atom. The molecule has 0 aliphatic carbocycles. The van der Waals surface area contributed by atoms with E-state index >= 15 is 0 Å². The molecule has 1 aromatic rings. The van der Waals surface area contributed by atoms with E-state index in [0.717, 1.165) is 18.7 Å². The van der Waals surface area contributed by atoms with Gasteiger partial charge in [0.1, 0.15) is 0 Å². The van der Waals surface area contributed by atoms with E-state index in [0.29, 0.717) is 11.6 Å². The molecule has 0 radical (unpaired) electrons. The first-order valence-electron chi connectivity index (χ1n) is 6.91. The number of ether oxygens (including phenoxy) is 1. The zero-order valence-electron chi connectivity index (χ0n) is 12.9. The molecule has 2 N–H and O–H groups in total. The summed E-state index contributed by atoms with van der Waals surface area (Å²) < 4.78 is 5.25. The zero-order valence-corrected chi connectivity index (χ0v) is 13.8. The summed E-state index contributed by atoms with van der Waals surface area (Å²) in [6, 6.07) is 0.201. The standard InChI is InChI=1S/C14H25N3O2S/c1-6-7-15-10(2)11-9-20-13(16-11)17-12(18)8-14(3,4)19-5/h9-10,15H,6-8H2,1-5H3,(H,16,17,18). The van der Waals surface area contributed by atoms with Gasteiger partial charge >= 0.3 is 0 Å². The highest BCUT2D eigenvalue weighted by molar-refractivity contribution is 7.13. The number of nitrogens with one attached hydrogen (secondary N) is 2. The van der Waals surface area contributed by atoms with Crippen molar-refractivity contribution in [2.75, 3.05) is 19.0 Å². The van der Waals surface area contributed by atoms with Crippen LogP contribution in [0.5, 0.6) is 0 Å². The smallest absolute Gasteiger partial charge is 0.229 e. The molecule has 0 aliphatic rings. The Kier molecular flexibility index (Phi) is 6.58. The van der Waals surface area contributed by atoms with Crippen LogP contribution >= 0.6 is 11.3 Å². The maximum Gasteiger partial charge on any atom is 0.229 e. The molecule has 1 heterocycles. The van der Waals surface area contributed by atoms with Crippen LogP contribution in [-0.2, 0) is 9.53 Å². The number of nitrogens with zero attached hydrogens (tertiary/aromatic N) is 1. The second-order valence-electron chi connectivity index (χ2n) is 5.44. The minimum Gasteiger partial charge on any atom is -0.378 e. The molecule has 114 valence electrons. The number of hydrogen-bond acceptors (Lipinski definition) is 5. The molecule has 1 aromatic heterocycles. The number of amides is 1. The Bertz CT molecular complexity index is 432. The second kappa shape index (κ2) is 7.71. The Labute approximate surface area is 125 Å². The van der Waals surface area contributed by atoms with E-state index in [2.05, 4.69) is 29.5 Å². The van der Waals surface area contributed by atoms with Gasteiger partial charge in [0.05, 0.1) is 17.7 Å². The summed E-state index contributed by atoms with van der Waals surface area (Å²) in [6.45, 7) is 8.93. The number of thiazole rings is 1. The Hall–Kier alpha value is -0.980. The first-order valence-corrected chi connectivity index (χ1v) is 7.79. The lowest BCUT2D eigenvalue weighted by Crippen LogP contribution is -2.29. The molecule has 0 aromatic carbocycles. The summed E-state index contributed by atoms with van der Waals surface area (Å²) in [4.78, 5) is 16.3. The molecule has 1 rings (SSSR count). The van der Waals surface area contributed by atoms with Gasteiger partial charge in [0, 0.05) is 18.5 Å². The van der Waals surface area contributed by atoms with Crippen molar-refractivity contribution in [3.05, 3.63) is 11.1 Å². The van der Waals surface area contributed by atoms with Crippen LogP contribution in [-0.4, -0.2) is 30.1 Å². The van der Waals surface area contributed by atoms with Crippen LogP contribution in [0.3, 0.4) is 0 Å². The van der Waals surface area contributed by atoms with E-state index in [4.69, 9.17) is 4.74 Å². The molecule has 0 spiro atoms. The average molecular weight is 299 g/mol. The monoisotopic (exact) mass is 299 g/mol. The van der Waals surface area contributed by atoms with E-state index in [9.17, 15) is 4.79 Å². The lowest BCUT2D eigenvalue weighted by atomic mass is 10.1. The summed E-state index contributed by atoms with van der Waals surface area (Å²) >= 11 is 1.45. The molecule has 0 fully saturated rings. The predicted octanol–water partition coefficient (Wildman–Crippen LogP) is 2.96. The Balaban J connectivity index is 2.53. The molecular weight excluding hydrogens is 274 g/mol. The molecule has 1 unspecified atom stereocenters. The number of carbonyl (C=O) groups excluding carboxylic acids is 1. The summed E-state index contributed by atoms with van der Waals surface area (Å²) in [5, 5.41) is 8.82. The third-order valence-electron chi connectivity index (χ3n) is 3.05. The van der Waals surface area contributed by atoms with E-state index in [1.807, 2.05) is 19.2 Å². The number of hydrogen-bond donors (Lipinski definition) is 2. The van der Waals surface area contributed by atoms with Gasteiger partial charge in [0.25, 0.3) is 0 Å². The molecule has 6 heteroatoms. The predicted molar refractivity (Wildman–Crippen MR) is 83.2 cm³/mol.